The van der Waals surface area contributed by atoms with Crippen molar-refractivity contribution in [2.24, 2.45) is 5.73 Å². The summed E-state index contributed by atoms with van der Waals surface area (Å²) in [6.45, 7) is 4.19. The molecule has 1 aromatic rings. The molecule has 1 rings (SSSR count). The molecule has 1 atom stereocenters. The summed E-state index contributed by atoms with van der Waals surface area (Å²) in [7, 11) is 1.35. The number of esters is 1. The average Bonchev–Trinajstić information content (AvgIpc) is 2.31. The lowest BCUT2D eigenvalue weighted by Gasteiger charge is -2.17. The Morgan fingerprint density at radius 3 is 2.41 bits per heavy atom. The molecule has 94 valence electrons. The molecule has 4 nitrogen and oxygen atoms in total. The van der Waals surface area contributed by atoms with Gasteiger partial charge in [-0.15, -0.1) is 0 Å². The summed E-state index contributed by atoms with van der Waals surface area (Å²) >= 11 is 3.50. The summed E-state index contributed by atoms with van der Waals surface area (Å²) in [6.07, 6.45) is 0. The molecule has 0 aliphatic heterocycles. The monoisotopic (exact) mass is 300 g/mol. The van der Waals surface area contributed by atoms with Gasteiger partial charge in [-0.3, -0.25) is 0 Å². The van der Waals surface area contributed by atoms with Crippen LogP contribution >= 0.6 is 15.9 Å². The zero-order valence-electron chi connectivity index (χ0n) is 10.2. The van der Waals surface area contributed by atoms with Crippen molar-refractivity contribution >= 4 is 27.6 Å². The molecule has 0 amide bonds. The van der Waals surface area contributed by atoms with Gasteiger partial charge in [0.15, 0.2) is 0 Å². The number of rotatable bonds is 4. The number of anilines is 1. The van der Waals surface area contributed by atoms with Crippen molar-refractivity contribution in [3.63, 3.8) is 0 Å². The Morgan fingerprint density at radius 1 is 1.47 bits per heavy atom. The minimum absolute atomic E-state index is 0.195. The van der Waals surface area contributed by atoms with E-state index in [4.69, 9.17) is 5.73 Å². The van der Waals surface area contributed by atoms with Crippen LogP contribution in [-0.2, 0) is 9.53 Å². The number of hydrogen-bond acceptors (Lipinski definition) is 4. The summed E-state index contributed by atoms with van der Waals surface area (Å²) in [4.78, 5) is 11.4. The number of hydrogen-bond donors (Lipinski definition) is 2. The number of nitrogens with two attached hydrogens (primary N) is 1. The summed E-state index contributed by atoms with van der Waals surface area (Å²) in [5.74, 6) is -0.356. The third-order valence-corrected chi connectivity index (χ3v) is 3.75. The molecule has 0 spiro atoms. The van der Waals surface area contributed by atoms with E-state index in [-0.39, 0.29) is 12.5 Å². The van der Waals surface area contributed by atoms with Crippen LogP contribution in [0.2, 0.25) is 0 Å². The topological polar surface area (TPSA) is 64.3 Å². The Balaban J connectivity index is 2.91. The predicted molar refractivity (Wildman–Crippen MR) is 72.1 cm³/mol. The molecule has 0 saturated carbocycles. The smallest absolute Gasteiger partial charge is 0.329 e. The number of benzene rings is 1. The Bertz CT molecular complexity index is 398. The molecule has 0 bridgehead atoms. The second-order valence-corrected chi connectivity index (χ2v) is 4.67. The van der Waals surface area contributed by atoms with E-state index in [2.05, 4.69) is 26.0 Å². The van der Waals surface area contributed by atoms with Gasteiger partial charge < -0.3 is 15.8 Å². The van der Waals surface area contributed by atoms with E-state index in [0.29, 0.717) is 0 Å². The Kier molecular flexibility index (Phi) is 4.96. The van der Waals surface area contributed by atoms with Crippen molar-refractivity contribution in [3.8, 4) is 0 Å². The van der Waals surface area contributed by atoms with Crippen molar-refractivity contribution in [1.29, 1.82) is 0 Å². The Hall–Kier alpha value is -1.07. The molecule has 0 aromatic heterocycles. The fraction of sp³-hybridized carbons (Fsp3) is 0.417. The molecule has 1 aromatic carbocycles. The number of halogens is 1. The summed E-state index contributed by atoms with van der Waals surface area (Å²) < 4.78 is 5.74. The normalized spacial score (nSPS) is 12.1. The van der Waals surface area contributed by atoms with Gasteiger partial charge in [-0.1, -0.05) is 15.9 Å². The molecule has 5 heteroatoms. The van der Waals surface area contributed by atoms with E-state index in [0.717, 1.165) is 21.3 Å². The Morgan fingerprint density at radius 2 is 2.00 bits per heavy atom. The molecule has 0 aliphatic carbocycles. The predicted octanol–water partition coefficient (Wildman–Crippen LogP) is 1.98. The maximum atomic E-state index is 11.4. The van der Waals surface area contributed by atoms with Crippen LogP contribution in [0.5, 0.6) is 0 Å². The molecule has 0 radical (unpaired) electrons. The summed E-state index contributed by atoms with van der Waals surface area (Å²) in [6, 6.07) is 3.41. The van der Waals surface area contributed by atoms with Crippen molar-refractivity contribution < 1.29 is 9.53 Å². The van der Waals surface area contributed by atoms with Crippen LogP contribution in [0.1, 0.15) is 11.1 Å². The first kappa shape index (κ1) is 14.0. The van der Waals surface area contributed by atoms with E-state index in [1.807, 2.05) is 26.0 Å². The quantitative estimate of drug-likeness (QED) is 0.835. The highest BCUT2D eigenvalue weighted by molar-refractivity contribution is 9.10. The van der Waals surface area contributed by atoms with Gasteiger partial charge in [0.2, 0.25) is 0 Å². The lowest BCUT2D eigenvalue weighted by molar-refractivity contribution is -0.141. The largest absolute Gasteiger partial charge is 0.467 e. The van der Waals surface area contributed by atoms with Gasteiger partial charge in [0.05, 0.1) is 7.11 Å². The standard InChI is InChI=1S/C12H17BrN2O2/c1-7-4-9(5-8(2)11(7)13)15-10(6-14)12(16)17-3/h4-5,10,15H,6,14H2,1-3H3. The number of ether oxygens (including phenoxy) is 1. The van der Waals surface area contributed by atoms with Crippen LogP contribution in [0.3, 0.4) is 0 Å². The minimum atomic E-state index is -0.514. The van der Waals surface area contributed by atoms with Gasteiger partial charge in [0.1, 0.15) is 6.04 Å². The third-order valence-electron chi connectivity index (χ3n) is 2.50. The summed E-state index contributed by atoms with van der Waals surface area (Å²) in [5.41, 5.74) is 8.60. The van der Waals surface area contributed by atoms with E-state index >= 15 is 0 Å². The highest BCUT2D eigenvalue weighted by Crippen LogP contribution is 2.25. The van der Waals surface area contributed by atoms with Crippen LogP contribution < -0.4 is 11.1 Å². The van der Waals surface area contributed by atoms with E-state index < -0.39 is 6.04 Å². The fourth-order valence-corrected chi connectivity index (χ4v) is 1.82. The molecule has 3 N–H and O–H groups in total. The first-order valence-electron chi connectivity index (χ1n) is 5.30. The maximum absolute atomic E-state index is 11.4. The van der Waals surface area contributed by atoms with Gasteiger partial charge in [-0.2, -0.15) is 0 Å². The van der Waals surface area contributed by atoms with Crippen LogP contribution in [-0.4, -0.2) is 25.7 Å². The highest BCUT2D eigenvalue weighted by Gasteiger charge is 2.17. The third kappa shape index (κ3) is 3.44. The molecular formula is C12H17BrN2O2. The van der Waals surface area contributed by atoms with Crippen LogP contribution in [0, 0.1) is 13.8 Å². The zero-order valence-corrected chi connectivity index (χ0v) is 11.8. The van der Waals surface area contributed by atoms with E-state index in [9.17, 15) is 4.79 Å². The highest BCUT2D eigenvalue weighted by atomic mass is 79.9. The fourth-order valence-electron chi connectivity index (χ4n) is 1.59. The first-order chi connectivity index (χ1) is 7.99. The second-order valence-electron chi connectivity index (χ2n) is 3.88. The van der Waals surface area contributed by atoms with Gasteiger partial charge in [0.25, 0.3) is 0 Å². The molecule has 0 saturated heterocycles. The second kappa shape index (κ2) is 6.02. The lowest BCUT2D eigenvalue weighted by atomic mass is 10.1. The number of methoxy groups -OCH3 is 1. The molecule has 1 unspecified atom stereocenters. The van der Waals surface area contributed by atoms with Crippen molar-refractivity contribution in [1.82, 2.24) is 0 Å². The average molecular weight is 301 g/mol. The molecule has 0 aliphatic rings. The van der Waals surface area contributed by atoms with Crippen LogP contribution in [0.4, 0.5) is 5.69 Å². The SMILES string of the molecule is COC(=O)C(CN)Nc1cc(C)c(Br)c(C)c1. The van der Waals surface area contributed by atoms with Gasteiger partial charge in [-0.25, -0.2) is 4.79 Å². The lowest BCUT2D eigenvalue weighted by Crippen LogP contribution is -2.37. The van der Waals surface area contributed by atoms with Crippen LogP contribution in [0.15, 0.2) is 16.6 Å². The number of carbonyl (C=O) groups is 1. The Labute approximate surface area is 110 Å². The van der Waals surface area contributed by atoms with Crippen molar-refractivity contribution in [2.45, 2.75) is 19.9 Å². The number of nitrogens with one attached hydrogen (secondary N) is 1. The van der Waals surface area contributed by atoms with Gasteiger partial charge in [0, 0.05) is 16.7 Å². The number of aryl methyl sites for hydroxylation is 2. The molecular weight excluding hydrogens is 284 g/mol. The van der Waals surface area contributed by atoms with Crippen LogP contribution in [0.25, 0.3) is 0 Å². The molecule has 0 fully saturated rings. The van der Waals surface area contributed by atoms with Crippen molar-refractivity contribution in [2.75, 3.05) is 19.0 Å². The van der Waals surface area contributed by atoms with E-state index in [1.165, 1.54) is 7.11 Å². The van der Waals surface area contributed by atoms with E-state index in [1.54, 1.807) is 0 Å². The molecule has 17 heavy (non-hydrogen) atoms. The zero-order chi connectivity index (χ0) is 13.0. The van der Waals surface area contributed by atoms with Gasteiger partial charge >= 0.3 is 5.97 Å². The summed E-state index contributed by atoms with van der Waals surface area (Å²) in [5, 5.41) is 3.07. The van der Waals surface area contributed by atoms with Gasteiger partial charge in [-0.05, 0) is 37.1 Å². The number of carbonyl (C=O) groups excluding carboxylic acids is 1. The first-order valence-corrected chi connectivity index (χ1v) is 6.10. The van der Waals surface area contributed by atoms with Crippen molar-refractivity contribution in [3.05, 3.63) is 27.7 Å². The maximum Gasteiger partial charge on any atom is 0.329 e. The minimum Gasteiger partial charge on any atom is -0.467 e. The molecule has 0 heterocycles.